The quantitative estimate of drug-likeness (QED) is 0.0181. The minimum absolute atomic E-state index is 0. The zero-order valence-electron chi connectivity index (χ0n) is 33.5. The Balaban J connectivity index is 0.00000541. The van der Waals surface area contributed by atoms with Crippen LogP contribution in [-0.4, -0.2) is 60.8 Å². The Morgan fingerprint density at radius 2 is 1.56 bits per heavy atom. The summed E-state index contributed by atoms with van der Waals surface area (Å²) in [6.45, 7) is 11.1. The van der Waals surface area contributed by atoms with Crippen molar-refractivity contribution in [3.8, 4) is 0 Å². The largest absolute Gasteiger partial charge is 1.00 e. The van der Waals surface area contributed by atoms with E-state index >= 15 is 0 Å². The topological polar surface area (TPSA) is 204 Å². The van der Waals surface area contributed by atoms with Gasteiger partial charge in [0.15, 0.2) is 5.71 Å². The molecule has 2 aromatic carbocycles. The Labute approximate surface area is 472 Å². The molecule has 0 radical (unpaired) electrons. The van der Waals surface area contributed by atoms with Crippen LogP contribution in [0.1, 0.15) is 71.4 Å². The first-order chi connectivity index (χ1) is 25.4. The van der Waals surface area contributed by atoms with E-state index in [-0.39, 0.29) is 165 Å². The fraction of sp³-hybridized carbons (Fsp3) is 0.417. The van der Waals surface area contributed by atoms with Gasteiger partial charge in [0.25, 0.3) is 0 Å². The SMILES string of the molecule is CC(C=CC=C1N(CCCCSOO[O-])c2ccc(S(=O)(=O)[O-])cc2C1(C)C)=CC=CC1=[N+](CCCCS(=O)(=O)[O-])c2ccc(SOO[O-])cc2C1(C)C.[K+].[K+].[K+]. The molecule has 0 amide bonds. The van der Waals surface area contributed by atoms with Crippen molar-refractivity contribution in [3.63, 3.8) is 0 Å². The first-order valence-electron chi connectivity index (χ1n) is 17.0. The summed E-state index contributed by atoms with van der Waals surface area (Å²) in [6, 6.07) is 10.0. The van der Waals surface area contributed by atoms with Gasteiger partial charge in [-0.25, -0.2) is 16.8 Å². The van der Waals surface area contributed by atoms with Crippen molar-refractivity contribution in [1.29, 1.82) is 0 Å². The maximum absolute atomic E-state index is 11.9. The molecule has 0 saturated heterocycles. The molecule has 57 heavy (non-hydrogen) atoms. The molecule has 0 fully saturated rings. The van der Waals surface area contributed by atoms with Crippen molar-refractivity contribution in [2.45, 2.75) is 80.9 Å². The summed E-state index contributed by atoms with van der Waals surface area (Å²) >= 11 is 1.71. The smallest absolute Gasteiger partial charge is 0.748 e. The number of nitrogens with zero attached hydrogens (tertiary/aromatic N) is 2. The van der Waals surface area contributed by atoms with Crippen LogP contribution in [0, 0.1) is 0 Å². The molecule has 296 valence electrons. The van der Waals surface area contributed by atoms with Gasteiger partial charge in [0, 0.05) is 75.9 Å². The van der Waals surface area contributed by atoms with Crippen molar-refractivity contribution in [3.05, 3.63) is 95.3 Å². The van der Waals surface area contributed by atoms with Crippen LogP contribution in [0.5, 0.6) is 0 Å². The molecule has 4 rings (SSSR count). The average Bonchev–Trinajstić information content (AvgIpc) is 3.44. The molecule has 0 bridgehead atoms. The van der Waals surface area contributed by atoms with Gasteiger partial charge >= 0.3 is 154 Å². The predicted octanol–water partition coefficient (Wildman–Crippen LogP) is -4.07. The van der Waals surface area contributed by atoms with Crippen molar-refractivity contribution in [2.24, 2.45) is 0 Å². The minimum atomic E-state index is -4.65. The third-order valence-corrected chi connectivity index (χ3v) is 12.2. The first-order valence-corrected chi connectivity index (χ1v) is 21.6. The van der Waals surface area contributed by atoms with Crippen LogP contribution in [0.4, 0.5) is 11.4 Å². The second-order valence-electron chi connectivity index (χ2n) is 13.8. The summed E-state index contributed by atoms with van der Waals surface area (Å²) in [7, 11) is -8.98. The summed E-state index contributed by atoms with van der Waals surface area (Å²) in [5.74, 6) is 0.0992. The molecule has 0 unspecified atom stereocenters. The zero-order chi connectivity index (χ0) is 39.7. The van der Waals surface area contributed by atoms with E-state index in [0.717, 1.165) is 76.4 Å². The normalized spacial score (nSPS) is 16.8. The van der Waals surface area contributed by atoms with Gasteiger partial charge in [0.2, 0.25) is 5.69 Å². The van der Waals surface area contributed by atoms with Crippen LogP contribution >= 0.6 is 24.1 Å². The average molecular weight is 941 g/mol. The molecule has 0 N–H and O–H groups in total. The molecule has 14 nitrogen and oxygen atoms in total. The van der Waals surface area contributed by atoms with Crippen molar-refractivity contribution in [1.82, 2.24) is 0 Å². The molecule has 0 saturated carbocycles. The third kappa shape index (κ3) is 16.2. The fourth-order valence-electron chi connectivity index (χ4n) is 6.72. The maximum Gasteiger partial charge on any atom is 1.00 e. The van der Waals surface area contributed by atoms with Crippen LogP contribution in [-0.2, 0) is 49.8 Å². The molecule has 0 aromatic heterocycles. The number of anilines is 1. The van der Waals surface area contributed by atoms with E-state index in [0.29, 0.717) is 30.2 Å². The van der Waals surface area contributed by atoms with Crippen LogP contribution in [0.2, 0.25) is 0 Å². The number of rotatable bonds is 20. The van der Waals surface area contributed by atoms with Gasteiger partial charge < -0.3 is 24.5 Å². The Morgan fingerprint density at radius 1 is 0.860 bits per heavy atom. The number of fused-ring (bicyclic) bond motifs is 2. The third-order valence-electron chi connectivity index (χ3n) is 9.36. The predicted molar refractivity (Wildman–Crippen MR) is 200 cm³/mol. The Kier molecular flexibility index (Phi) is 26.2. The van der Waals surface area contributed by atoms with Gasteiger partial charge in [-0.1, -0.05) is 43.7 Å². The first kappa shape index (κ1) is 57.1. The molecule has 2 aliphatic heterocycles. The van der Waals surface area contributed by atoms with Gasteiger partial charge in [-0.15, -0.1) is 0 Å². The van der Waals surface area contributed by atoms with Crippen molar-refractivity contribution in [2.75, 3.05) is 29.5 Å². The van der Waals surface area contributed by atoms with E-state index in [1.165, 1.54) is 12.1 Å². The summed E-state index contributed by atoms with van der Waals surface area (Å²) < 4.78 is 80.2. The van der Waals surface area contributed by atoms with Crippen molar-refractivity contribution < 1.29 is 214 Å². The maximum atomic E-state index is 11.9. The molecule has 21 heteroatoms. The van der Waals surface area contributed by atoms with Crippen LogP contribution in [0.15, 0.2) is 93.9 Å². The number of benzene rings is 2. The number of unbranched alkanes of at least 4 members (excludes halogenated alkanes) is 2. The van der Waals surface area contributed by atoms with E-state index in [1.54, 1.807) is 12.1 Å². The molecule has 2 aliphatic rings. The number of hydrogen-bond acceptors (Lipinski definition) is 15. The summed E-state index contributed by atoms with van der Waals surface area (Å²) in [4.78, 5) is 2.49. The fourth-order valence-corrected chi connectivity index (χ4v) is 8.60. The second kappa shape index (κ2) is 26.1. The monoisotopic (exact) mass is 940 g/mol. The summed E-state index contributed by atoms with van der Waals surface area (Å²) in [5, 5.41) is 27.4. The van der Waals surface area contributed by atoms with Crippen LogP contribution < -0.4 is 170 Å². The second-order valence-corrected chi connectivity index (χ2v) is 18.2. The van der Waals surface area contributed by atoms with E-state index < -0.39 is 36.8 Å². The van der Waals surface area contributed by atoms with Crippen LogP contribution in [0.25, 0.3) is 0 Å². The van der Waals surface area contributed by atoms with Gasteiger partial charge in [-0.3, -0.25) is 10.1 Å². The minimum Gasteiger partial charge on any atom is -0.748 e. The van der Waals surface area contributed by atoms with Gasteiger partial charge in [-0.05, 0) is 82.0 Å². The summed E-state index contributed by atoms with van der Waals surface area (Å²) in [6.07, 6.45) is 13.9. The van der Waals surface area contributed by atoms with E-state index in [9.17, 15) is 36.5 Å². The Hall–Kier alpha value is 2.06. The summed E-state index contributed by atoms with van der Waals surface area (Å²) in [5.41, 5.74) is 5.09. The van der Waals surface area contributed by atoms with Gasteiger partial charge in [0.05, 0.1) is 32.5 Å². The van der Waals surface area contributed by atoms with Gasteiger partial charge in [-0.2, -0.15) is 13.2 Å². The molecule has 2 aromatic rings. The molecular formula is C36H43K3N2O12S4. The molecular weight excluding hydrogens is 898 g/mol. The molecule has 2 heterocycles. The molecule has 0 spiro atoms. The number of hydrogen-bond donors (Lipinski definition) is 0. The number of allylic oxidation sites excluding steroid dienone is 8. The van der Waals surface area contributed by atoms with E-state index in [2.05, 4.69) is 42.1 Å². The van der Waals surface area contributed by atoms with E-state index in [1.807, 2.05) is 69.4 Å². The zero-order valence-corrected chi connectivity index (χ0v) is 46.1. The van der Waals surface area contributed by atoms with Crippen molar-refractivity contribution >= 4 is 61.4 Å². The standard InChI is InChI=1S/C36H46N2O12S4.3K/c1-26(12-10-14-33-35(2,3)29-24-27(52-50-48-40)16-18-31(29)38(33)21-7-9-23-53(41,42)43)13-11-15-34-36(4,5)30-25-28(54(44,45)46)17-19-32(30)37(34)20-6-8-22-51-49-47-39;;;/h10-19,24-25H,6-9,20-23H2,1-5H3,(H3-,39,40,41,42,43,44,45,46);;;/q;3*+1/p-3. The van der Waals surface area contributed by atoms with Crippen LogP contribution in [0.3, 0.4) is 0 Å². The Bertz CT molecular complexity index is 2060. The molecule has 0 aliphatic carbocycles. The molecule has 0 atom stereocenters. The van der Waals surface area contributed by atoms with E-state index in [4.69, 9.17) is 0 Å². The van der Waals surface area contributed by atoms with Gasteiger partial charge in [0.1, 0.15) is 16.7 Å². The Morgan fingerprint density at radius 3 is 2.21 bits per heavy atom.